The average Bonchev–Trinajstić information content (AvgIpc) is 3.15. The van der Waals surface area contributed by atoms with Crippen molar-refractivity contribution < 1.29 is 13.6 Å². The Balaban J connectivity index is 1.46. The second-order valence-corrected chi connectivity index (χ2v) is 7.36. The summed E-state index contributed by atoms with van der Waals surface area (Å²) in [5, 5.41) is 6.89. The van der Waals surface area contributed by atoms with E-state index in [-0.39, 0.29) is 18.7 Å². The van der Waals surface area contributed by atoms with E-state index < -0.39 is 18.0 Å². The second-order valence-electron chi connectivity index (χ2n) is 6.58. The number of rotatable bonds is 4. The number of alkyl halides is 2. The van der Waals surface area contributed by atoms with Gasteiger partial charge in [0.15, 0.2) is 0 Å². The van der Waals surface area contributed by atoms with Crippen LogP contribution >= 0.6 is 11.3 Å². The van der Waals surface area contributed by atoms with Crippen LogP contribution in [0, 0.1) is 0 Å². The molecule has 0 bridgehead atoms. The van der Waals surface area contributed by atoms with Gasteiger partial charge in [-0.2, -0.15) is 11.3 Å². The quantitative estimate of drug-likeness (QED) is 0.919. The van der Waals surface area contributed by atoms with E-state index in [1.165, 1.54) is 5.56 Å². The van der Waals surface area contributed by atoms with Crippen LogP contribution in [0.3, 0.4) is 0 Å². The summed E-state index contributed by atoms with van der Waals surface area (Å²) in [5.74, 6) is -2.83. The van der Waals surface area contributed by atoms with Crippen molar-refractivity contribution in [2.45, 2.75) is 43.9 Å². The fourth-order valence-corrected chi connectivity index (χ4v) is 4.05. The fourth-order valence-electron chi connectivity index (χ4n) is 3.39. The predicted octanol–water partition coefficient (Wildman–Crippen LogP) is 2.42. The molecule has 1 aliphatic carbocycles. The minimum absolute atomic E-state index is 0.204. The normalized spacial score (nSPS) is 23.5. The lowest BCUT2D eigenvalue weighted by Gasteiger charge is -2.38. The van der Waals surface area contributed by atoms with Crippen LogP contribution in [0.15, 0.2) is 29.4 Å². The number of carbonyl (C=O) groups excluding carboxylic acids is 1. The van der Waals surface area contributed by atoms with E-state index in [1.807, 2.05) is 9.95 Å². The van der Waals surface area contributed by atoms with Gasteiger partial charge in [0, 0.05) is 44.7 Å². The average molecular weight is 352 g/mol. The predicted molar refractivity (Wildman–Crippen MR) is 85.8 cm³/mol. The zero-order chi connectivity index (χ0) is 16.7. The van der Waals surface area contributed by atoms with E-state index >= 15 is 0 Å². The van der Waals surface area contributed by atoms with Crippen LogP contribution in [0.1, 0.15) is 30.1 Å². The van der Waals surface area contributed by atoms with Crippen LogP contribution in [0.5, 0.6) is 0 Å². The molecule has 1 atom stereocenters. The zero-order valence-corrected chi connectivity index (χ0v) is 13.8. The molecule has 4 rings (SSSR count). The Kier molecular flexibility index (Phi) is 3.88. The Bertz CT molecular complexity index is 722. The van der Waals surface area contributed by atoms with Crippen LogP contribution in [0.25, 0.3) is 0 Å². The highest BCUT2D eigenvalue weighted by molar-refractivity contribution is 7.07. The molecular formula is C16H18F2N4OS. The van der Waals surface area contributed by atoms with Crippen molar-refractivity contribution in [1.82, 2.24) is 19.8 Å². The summed E-state index contributed by atoms with van der Waals surface area (Å²) in [6.45, 7) is 2.04. The molecule has 1 unspecified atom stereocenters. The molecule has 3 heterocycles. The molecule has 1 amide bonds. The van der Waals surface area contributed by atoms with Gasteiger partial charge in [-0.15, -0.1) is 0 Å². The maximum absolute atomic E-state index is 13.0. The van der Waals surface area contributed by atoms with Crippen molar-refractivity contribution in [2.75, 3.05) is 6.54 Å². The van der Waals surface area contributed by atoms with Gasteiger partial charge in [-0.1, -0.05) is 0 Å². The van der Waals surface area contributed by atoms with E-state index in [9.17, 15) is 13.6 Å². The molecule has 2 aliphatic rings. The van der Waals surface area contributed by atoms with Gasteiger partial charge in [0.05, 0.1) is 12.0 Å². The maximum atomic E-state index is 13.0. The summed E-state index contributed by atoms with van der Waals surface area (Å²) in [5.41, 5.74) is 2.18. The Morgan fingerprint density at radius 3 is 3.00 bits per heavy atom. The number of thiophene rings is 1. The SMILES string of the molecule is O=C(NC1CC(F)(F)C1)C1CN(Cc2ccsc2)Cc2cncn21. The third-order valence-electron chi connectivity index (χ3n) is 4.62. The Labute approximate surface area is 142 Å². The highest BCUT2D eigenvalue weighted by Crippen LogP contribution is 2.37. The summed E-state index contributed by atoms with van der Waals surface area (Å²) in [4.78, 5) is 18.9. The summed E-state index contributed by atoms with van der Waals surface area (Å²) in [6, 6.07) is 1.22. The van der Waals surface area contributed by atoms with Gasteiger partial charge >= 0.3 is 0 Å². The fraction of sp³-hybridized carbons (Fsp3) is 0.500. The van der Waals surface area contributed by atoms with E-state index in [0.717, 1.165) is 18.8 Å². The summed E-state index contributed by atoms with van der Waals surface area (Å²) in [6.07, 6.45) is 2.89. The number of nitrogens with zero attached hydrogens (tertiary/aromatic N) is 3. The Hall–Kier alpha value is -1.80. The molecule has 2 aromatic rings. The lowest BCUT2D eigenvalue weighted by Crippen LogP contribution is -2.53. The highest BCUT2D eigenvalue weighted by Gasteiger charge is 2.46. The smallest absolute Gasteiger partial charge is 0.252 e. The van der Waals surface area contributed by atoms with Gasteiger partial charge in [-0.25, -0.2) is 13.8 Å². The van der Waals surface area contributed by atoms with E-state index in [4.69, 9.17) is 0 Å². The molecule has 0 aromatic carbocycles. The summed E-state index contributed by atoms with van der Waals surface area (Å²) < 4.78 is 27.8. The standard InChI is InChI=1S/C16H18F2N4OS/c17-16(18)3-12(4-16)20-15(23)14-8-21(6-11-1-2-24-9-11)7-13-5-19-10-22(13)14/h1-2,5,9-10,12,14H,3-4,6-8H2,(H,20,23). The summed E-state index contributed by atoms with van der Waals surface area (Å²) in [7, 11) is 0. The number of imidazole rings is 1. The van der Waals surface area contributed by atoms with Crippen LogP contribution in [0.4, 0.5) is 8.78 Å². The highest BCUT2D eigenvalue weighted by atomic mass is 32.1. The minimum Gasteiger partial charge on any atom is -0.351 e. The lowest BCUT2D eigenvalue weighted by atomic mass is 9.88. The van der Waals surface area contributed by atoms with Gasteiger partial charge in [0.2, 0.25) is 5.91 Å². The number of carbonyl (C=O) groups is 1. The van der Waals surface area contributed by atoms with E-state index in [1.54, 1.807) is 23.9 Å². The topological polar surface area (TPSA) is 50.2 Å². The third kappa shape index (κ3) is 3.08. The first-order chi connectivity index (χ1) is 11.5. The van der Waals surface area contributed by atoms with Gasteiger partial charge in [0.1, 0.15) is 6.04 Å². The monoisotopic (exact) mass is 352 g/mol. The van der Waals surface area contributed by atoms with Gasteiger partial charge in [0.25, 0.3) is 5.92 Å². The molecule has 128 valence electrons. The van der Waals surface area contributed by atoms with E-state index in [0.29, 0.717) is 6.54 Å². The molecule has 5 nitrogen and oxygen atoms in total. The molecule has 1 fully saturated rings. The van der Waals surface area contributed by atoms with Gasteiger partial charge in [-0.3, -0.25) is 9.69 Å². The largest absolute Gasteiger partial charge is 0.351 e. The molecule has 0 spiro atoms. The van der Waals surface area contributed by atoms with Crippen molar-refractivity contribution in [3.8, 4) is 0 Å². The van der Waals surface area contributed by atoms with Crippen LogP contribution in [-0.4, -0.2) is 38.9 Å². The molecule has 1 saturated carbocycles. The number of aromatic nitrogens is 2. The van der Waals surface area contributed by atoms with Crippen molar-refractivity contribution in [1.29, 1.82) is 0 Å². The molecular weight excluding hydrogens is 334 g/mol. The molecule has 24 heavy (non-hydrogen) atoms. The number of nitrogens with one attached hydrogen (secondary N) is 1. The molecule has 1 N–H and O–H groups in total. The van der Waals surface area contributed by atoms with Crippen molar-refractivity contribution in [2.24, 2.45) is 0 Å². The van der Waals surface area contributed by atoms with Crippen LogP contribution in [-0.2, 0) is 17.9 Å². The van der Waals surface area contributed by atoms with Gasteiger partial charge < -0.3 is 9.88 Å². The lowest BCUT2D eigenvalue weighted by molar-refractivity contribution is -0.133. The number of fused-ring (bicyclic) bond motifs is 1. The number of hydrogen-bond donors (Lipinski definition) is 1. The van der Waals surface area contributed by atoms with E-state index in [2.05, 4.69) is 26.6 Å². The molecule has 2 aromatic heterocycles. The van der Waals surface area contributed by atoms with Crippen LogP contribution in [0.2, 0.25) is 0 Å². The summed E-state index contributed by atoms with van der Waals surface area (Å²) >= 11 is 1.65. The Morgan fingerprint density at radius 1 is 1.46 bits per heavy atom. The number of amides is 1. The molecule has 0 saturated heterocycles. The Morgan fingerprint density at radius 2 is 2.29 bits per heavy atom. The minimum atomic E-state index is -2.63. The number of halogens is 2. The molecule has 1 aliphatic heterocycles. The first-order valence-electron chi connectivity index (χ1n) is 7.92. The van der Waals surface area contributed by atoms with Gasteiger partial charge in [-0.05, 0) is 22.4 Å². The maximum Gasteiger partial charge on any atom is 0.252 e. The molecule has 0 radical (unpaired) electrons. The number of hydrogen-bond acceptors (Lipinski definition) is 4. The van der Waals surface area contributed by atoms with Crippen molar-refractivity contribution >= 4 is 17.2 Å². The first kappa shape index (κ1) is 15.7. The third-order valence-corrected chi connectivity index (χ3v) is 5.36. The second kappa shape index (κ2) is 5.93. The van der Waals surface area contributed by atoms with Crippen LogP contribution < -0.4 is 5.32 Å². The van der Waals surface area contributed by atoms with Crippen molar-refractivity contribution in [3.05, 3.63) is 40.6 Å². The zero-order valence-electron chi connectivity index (χ0n) is 13.0. The van der Waals surface area contributed by atoms with Crippen molar-refractivity contribution in [3.63, 3.8) is 0 Å². The first-order valence-corrected chi connectivity index (χ1v) is 8.87. The molecule has 8 heteroatoms.